The van der Waals surface area contributed by atoms with Crippen molar-refractivity contribution in [2.75, 3.05) is 13.7 Å². The third-order valence-corrected chi connectivity index (χ3v) is 2.64. The molecule has 1 rings (SSSR count). The van der Waals surface area contributed by atoms with Crippen LogP contribution >= 0.6 is 0 Å². The summed E-state index contributed by atoms with van der Waals surface area (Å²) in [4.78, 5) is 33.4. The van der Waals surface area contributed by atoms with E-state index in [0.717, 1.165) is 6.42 Å². The van der Waals surface area contributed by atoms with Gasteiger partial charge >= 0.3 is 0 Å². The molecule has 0 saturated carbocycles. The van der Waals surface area contributed by atoms with Gasteiger partial charge in [0.05, 0.1) is 12.7 Å². The van der Waals surface area contributed by atoms with Crippen LogP contribution in [0.1, 0.15) is 39.6 Å². The number of carbonyl (C=O) groups is 3. The summed E-state index contributed by atoms with van der Waals surface area (Å²) in [7, 11) is 1.42. The second-order valence-corrected chi connectivity index (χ2v) is 4.09. The molecule has 0 fully saturated rings. The van der Waals surface area contributed by atoms with Crippen molar-refractivity contribution in [2.24, 2.45) is 0 Å². The summed E-state index contributed by atoms with van der Waals surface area (Å²) in [6.07, 6.45) is 4.95. The molecule has 0 spiro atoms. The SMILES string of the molecule is CCCNC(=O)/C=C/c1cc(C=O)c(C=O)c(OC)c1. The van der Waals surface area contributed by atoms with E-state index in [4.69, 9.17) is 4.74 Å². The minimum atomic E-state index is -0.210. The number of benzene rings is 1. The van der Waals surface area contributed by atoms with Crippen molar-refractivity contribution < 1.29 is 19.1 Å². The number of ether oxygens (including phenoxy) is 1. The van der Waals surface area contributed by atoms with Crippen molar-refractivity contribution in [1.82, 2.24) is 5.32 Å². The Morgan fingerprint density at radius 2 is 2.05 bits per heavy atom. The van der Waals surface area contributed by atoms with Crippen LogP contribution in [0, 0.1) is 0 Å². The van der Waals surface area contributed by atoms with Gasteiger partial charge in [0.15, 0.2) is 12.6 Å². The summed E-state index contributed by atoms with van der Waals surface area (Å²) in [6.45, 7) is 2.57. The zero-order valence-electron chi connectivity index (χ0n) is 11.5. The first-order valence-electron chi connectivity index (χ1n) is 6.24. The lowest BCUT2D eigenvalue weighted by molar-refractivity contribution is -0.116. The fraction of sp³-hybridized carbons (Fsp3) is 0.267. The van der Waals surface area contributed by atoms with Crippen LogP contribution in [0.15, 0.2) is 18.2 Å². The Bertz CT molecular complexity index is 535. The van der Waals surface area contributed by atoms with Gasteiger partial charge in [0.1, 0.15) is 5.75 Å². The van der Waals surface area contributed by atoms with E-state index in [1.807, 2.05) is 6.92 Å². The van der Waals surface area contributed by atoms with Gasteiger partial charge in [0.2, 0.25) is 5.91 Å². The van der Waals surface area contributed by atoms with Crippen molar-refractivity contribution in [3.05, 3.63) is 34.9 Å². The minimum Gasteiger partial charge on any atom is -0.496 e. The highest BCUT2D eigenvalue weighted by atomic mass is 16.5. The van der Waals surface area contributed by atoms with Crippen LogP contribution in [0.25, 0.3) is 6.08 Å². The fourth-order valence-corrected chi connectivity index (χ4v) is 1.64. The molecule has 106 valence electrons. The molecule has 0 saturated heterocycles. The van der Waals surface area contributed by atoms with Crippen LogP contribution < -0.4 is 10.1 Å². The lowest BCUT2D eigenvalue weighted by atomic mass is 10.0. The van der Waals surface area contributed by atoms with Gasteiger partial charge in [-0.15, -0.1) is 0 Å². The monoisotopic (exact) mass is 275 g/mol. The number of rotatable bonds is 7. The van der Waals surface area contributed by atoms with Crippen molar-refractivity contribution in [2.45, 2.75) is 13.3 Å². The van der Waals surface area contributed by atoms with Gasteiger partial charge in [-0.3, -0.25) is 14.4 Å². The van der Waals surface area contributed by atoms with E-state index in [-0.39, 0.29) is 17.0 Å². The maximum Gasteiger partial charge on any atom is 0.243 e. The fourth-order valence-electron chi connectivity index (χ4n) is 1.64. The van der Waals surface area contributed by atoms with E-state index in [0.29, 0.717) is 30.4 Å². The van der Waals surface area contributed by atoms with Crippen molar-refractivity contribution in [1.29, 1.82) is 0 Å². The Hall–Kier alpha value is -2.43. The quantitative estimate of drug-likeness (QED) is 0.609. The molecule has 1 aromatic rings. The first kappa shape index (κ1) is 15.6. The van der Waals surface area contributed by atoms with Gasteiger partial charge < -0.3 is 10.1 Å². The largest absolute Gasteiger partial charge is 0.496 e. The van der Waals surface area contributed by atoms with Gasteiger partial charge in [-0.2, -0.15) is 0 Å². The van der Waals surface area contributed by atoms with Crippen LogP contribution in [-0.4, -0.2) is 32.1 Å². The maximum atomic E-state index is 11.5. The maximum absolute atomic E-state index is 11.5. The van der Waals surface area contributed by atoms with Gasteiger partial charge in [-0.25, -0.2) is 0 Å². The Labute approximate surface area is 117 Å². The molecule has 5 nitrogen and oxygen atoms in total. The van der Waals surface area contributed by atoms with Gasteiger partial charge in [-0.05, 0) is 30.2 Å². The van der Waals surface area contributed by atoms with Crippen LogP contribution in [0.5, 0.6) is 5.75 Å². The van der Waals surface area contributed by atoms with E-state index in [1.165, 1.54) is 19.3 Å². The standard InChI is InChI=1S/C15H17NO4/c1-3-6-16-15(19)5-4-11-7-12(9-17)13(10-18)14(8-11)20-2/h4-5,7-10H,3,6H2,1-2H3,(H,16,19)/b5-4+. The molecule has 0 aromatic heterocycles. The predicted molar refractivity (Wildman–Crippen MR) is 76.1 cm³/mol. The van der Waals surface area contributed by atoms with Crippen molar-refractivity contribution in [3.8, 4) is 5.75 Å². The number of amides is 1. The average Bonchev–Trinajstić information content (AvgIpc) is 2.49. The molecule has 0 radical (unpaired) electrons. The summed E-state index contributed by atoms with van der Waals surface area (Å²) in [5, 5.41) is 2.70. The Morgan fingerprint density at radius 3 is 2.60 bits per heavy atom. The number of hydrogen-bond acceptors (Lipinski definition) is 4. The second kappa shape index (κ2) is 7.89. The molecule has 0 unspecified atom stereocenters. The minimum absolute atomic E-state index is 0.204. The highest BCUT2D eigenvalue weighted by Gasteiger charge is 2.09. The zero-order valence-corrected chi connectivity index (χ0v) is 11.5. The van der Waals surface area contributed by atoms with E-state index >= 15 is 0 Å². The number of methoxy groups -OCH3 is 1. The van der Waals surface area contributed by atoms with Crippen LogP contribution in [0.3, 0.4) is 0 Å². The predicted octanol–water partition coefficient (Wildman–Crippen LogP) is 1.86. The summed E-state index contributed by atoms with van der Waals surface area (Å²) < 4.78 is 5.07. The molecule has 0 aliphatic heterocycles. The molecule has 20 heavy (non-hydrogen) atoms. The smallest absolute Gasteiger partial charge is 0.243 e. The lowest BCUT2D eigenvalue weighted by Gasteiger charge is -2.07. The topological polar surface area (TPSA) is 72.5 Å². The van der Waals surface area contributed by atoms with Gasteiger partial charge in [-0.1, -0.05) is 6.92 Å². The molecule has 5 heteroatoms. The highest BCUT2D eigenvalue weighted by Crippen LogP contribution is 2.23. The Morgan fingerprint density at radius 1 is 1.30 bits per heavy atom. The Balaban J connectivity index is 3.02. The molecule has 1 aromatic carbocycles. The van der Waals surface area contributed by atoms with Crippen LogP contribution in [-0.2, 0) is 4.79 Å². The van der Waals surface area contributed by atoms with Crippen molar-refractivity contribution >= 4 is 24.6 Å². The van der Waals surface area contributed by atoms with Gasteiger partial charge in [0.25, 0.3) is 0 Å². The summed E-state index contributed by atoms with van der Waals surface area (Å²) in [5.74, 6) is 0.0937. The number of hydrogen-bond donors (Lipinski definition) is 1. The highest BCUT2D eigenvalue weighted by molar-refractivity contribution is 5.95. The molecular formula is C15H17NO4. The molecule has 0 aliphatic rings. The average molecular weight is 275 g/mol. The van der Waals surface area contributed by atoms with E-state index in [1.54, 1.807) is 12.1 Å². The van der Waals surface area contributed by atoms with E-state index < -0.39 is 0 Å². The van der Waals surface area contributed by atoms with Gasteiger partial charge in [0, 0.05) is 18.2 Å². The third-order valence-electron chi connectivity index (χ3n) is 2.64. The third kappa shape index (κ3) is 4.05. The molecule has 1 amide bonds. The number of nitrogens with one attached hydrogen (secondary N) is 1. The summed E-state index contributed by atoms with van der Waals surface area (Å²) >= 11 is 0. The lowest BCUT2D eigenvalue weighted by Crippen LogP contribution is -2.21. The number of carbonyl (C=O) groups excluding carboxylic acids is 3. The summed E-state index contributed by atoms with van der Waals surface area (Å²) in [5.41, 5.74) is 1.05. The first-order chi connectivity index (χ1) is 9.65. The molecule has 0 heterocycles. The first-order valence-corrected chi connectivity index (χ1v) is 6.24. The number of aldehydes is 2. The summed E-state index contributed by atoms with van der Waals surface area (Å²) in [6, 6.07) is 3.13. The Kier molecular flexibility index (Phi) is 6.16. The van der Waals surface area contributed by atoms with Crippen LogP contribution in [0.2, 0.25) is 0 Å². The van der Waals surface area contributed by atoms with Crippen LogP contribution in [0.4, 0.5) is 0 Å². The van der Waals surface area contributed by atoms with E-state index in [9.17, 15) is 14.4 Å². The molecule has 0 atom stereocenters. The molecule has 0 aliphatic carbocycles. The normalized spacial score (nSPS) is 10.3. The van der Waals surface area contributed by atoms with E-state index in [2.05, 4.69) is 5.32 Å². The molecule has 0 bridgehead atoms. The zero-order chi connectivity index (χ0) is 15.0. The molecular weight excluding hydrogens is 258 g/mol. The van der Waals surface area contributed by atoms with Crippen molar-refractivity contribution in [3.63, 3.8) is 0 Å². The molecule has 1 N–H and O–H groups in total. The second-order valence-electron chi connectivity index (χ2n) is 4.09.